The number of fused-ring (bicyclic) bond motifs is 1. The maximum Gasteiger partial charge on any atom is 0.411 e. The molecule has 2 amide bonds. The Bertz CT molecular complexity index is 694. The third kappa shape index (κ3) is 2.67. The molecule has 1 aromatic heterocycles. The summed E-state index contributed by atoms with van der Waals surface area (Å²) in [7, 11) is 1.32. The molecular formula is C16H16N2O4. The number of aryl methyl sites for hydroxylation is 1. The number of rotatable bonds is 2. The number of nitrogens with zero attached hydrogens (tertiary/aromatic N) is 1. The highest BCUT2D eigenvalue weighted by Gasteiger charge is 2.25. The van der Waals surface area contributed by atoms with E-state index >= 15 is 0 Å². The van der Waals surface area contributed by atoms with Crippen LogP contribution in [-0.2, 0) is 11.2 Å². The molecule has 0 radical (unpaired) electrons. The summed E-state index contributed by atoms with van der Waals surface area (Å²) in [5.41, 5.74) is 2.51. The topological polar surface area (TPSA) is 71.8 Å². The fourth-order valence-corrected chi connectivity index (χ4v) is 2.59. The summed E-state index contributed by atoms with van der Waals surface area (Å²) in [5, 5.41) is 2.63. The van der Waals surface area contributed by atoms with Crippen LogP contribution in [0.5, 0.6) is 0 Å². The Balaban J connectivity index is 1.87. The number of methoxy groups -OCH3 is 1. The molecule has 0 saturated heterocycles. The molecule has 1 aliphatic rings. The highest BCUT2D eigenvalue weighted by atomic mass is 16.5. The Morgan fingerprint density at radius 2 is 2.18 bits per heavy atom. The van der Waals surface area contributed by atoms with Gasteiger partial charge in [0.2, 0.25) is 0 Å². The van der Waals surface area contributed by atoms with Crippen molar-refractivity contribution in [3.63, 3.8) is 0 Å². The first kappa shape index (κ1) is 14.2. The molecule has 6 heteroatoms. The van der Waals surface area contributed by atoms with Crippen molar-refractivity contribution in [1.82, 2.24) is 0 Å². The van der Waals surface area contributed by atoms with Crippen molar-refractivity contribution in [1.29, 1.82) is 0 Å². The van der Waals surface area contributed by atoms with E-state index in [4.69, 9.17) is 4.42 Å². The maximum absolute atomic E-state index is 12.5. The van der Waals surface area contributed by atoms with Gasteiger partial charge < -0.3 is 14.1 Å². The molecule has 0 spiro atoms. The molecule has 0 bridgehead atoms. The second-order valence-corrected chi connectivity index (χ2v) is 5.00. The van der Waals surface area contributed by atoms with Crippen LogP contribution in [0, 0.1) is 0 Å². The molecule has 0 fully saturated rings. The molecular weight excluding hydrogens is 284 g/mol. The van der Waals surface area contributed by atoms with Crippen LogP contribution in [0.25, 0.3) is 0 Å². The zero-order chi connectivity index (χ0) is 15.5. The van der Waals surface area contributed by atoms with Crippen LogP contribution in [0.3, 0.4) is 0 Å². The first-order chi connectivity index (χ1) is 10.7. The summed E-state index contributed by atoms with van der Waals surface area (Å²) in [6.45, 7) is 0.649. The SMILES string of the molecule is COC(=O)Nc1ccc2c(c1)CCCN2C(=O)c1ccco1. The maximum atomic E-state index is 12.5. The van der Waals surface area contributed by atoms with Gasteiger partial charge in [0.15, 0.2) is 5.76 Å². The molecule has 114 valence electrons. The van der Waals surface area contributed by atoms with Gasteiger partial charge >= 0.3 is 6.09 Å². The van der Waals surface area contributed by atoms with E-state index < -0.39 is 6.09 Å². The number of hydrogen-bond acceptors (Lipinski definition) is 4. The summed E-state index contributed by atoms with van der Waals surface area (Å²) in [6.07, 6.45) is 2.69. The highest BCUT2D eigenvalue weighted by molar-refractivity contribution is 6.05. The number of hydrogen-bond donors (Lipinski definition) is 1. The Morgan fingerprint density at radius 1 is 1.32 bits per heavy atom. The number of anilines is 2. The monoisotopic (exact) mass is 300 g/mol. The molecule has 3 rings (SSSR count). The first-order valence-corrected chi connectivity index (χ1v) is 7.02. The predicted octanol–water partition coefficient (Wildman–Crippen LogP) is 3.05. The van der Waals surface area contributed by atoms with Crippen molar-refractivity contribution in [2.75, 3.05) is 23.9 Å². The first-order valence-electron chi connectivity index (χ1n) is 7.02. The van der Waals surface area contributed by atoms with Crippen LogP contribution in [0.1, 0.15) is 22.5 Å². The van der Waals surface area contributed by atoms with Gasteiger partial charge in [0.05, 0.1) is 13.4 Å². The summed E-state index contributed by atoms with van der Waals surface area (Å²) in [6, 6.07) is 8.81. The number of nitrogens with one attached hydrogen (secondary N) is 1. The van der Waals surface area contributed by atoms with E-state index in [-0.39, 0.29) is 5.91 Å². The second-order valence-electron chi connectivity index (χ2n) is 5.00. The average Bonchev–Trinajstić information content (AvgIpc) is 3.07. The fourth-order valence-electron chi connectivity index (χ4n) is 2.59. The quantitative estimate of drug-likeness (QED) is 0.925. The van der Waals surface area contributed by atoms with Gasteiger partial charge in [-0.1, -0.05) is 0 Å². The molecule has 22 heavy (non-hydrogen) atoms. The van der Waals surface area contributed by atoms with Gasteiger partial charge in [-0.05, 0) is 48.7 Å². The van der Waals surface area contributed by atoms with Crippen LogP contribution in [-0.4, -0.2) is 25.7 Å². The van der Waals surface area contributed by atoms with Gasteiger partial charge in [-0.2, -0.15) is 0 Å². The molecule has 6 nitrogen and oxygen atoms in total. The Hall–Kier alpha value is -2.76. The van der Waals surface area contributed by atoms with Crippen LogP contribution >= 0.6 is 0 Å². The Kier molecular flexibility index (Phi) is 3.82. The lowest BCUT2D eigenvalue weighted by Gasteiger charge is -2.29. The van der Waals surface area contributed by atoms with Crippen molar-refractivity contribution in [3.8, 4) is 0 Å². The van der Waals surface area contributed by atoms with E-state index in [1.54, 1.807) is 23.1 Å². The second kappa shape index (κ2) is 5.93. The largest absolute Gasteiger partial charge is 0.459 e. The smallest absolute Gasteiger partial charge is 0.411 e. The third-order valence-corrected chi connectivity index (χ3v) is 3.61. The number of furan rings is 1. The minimum absolute atomic E-state index is 0.153. The molecule has 0 atom stereocenters. The summed E-state index contributed by atoms with van der Waals surface area (Å²) in [5.74, 6) is 0.171. The van der Waals surface area contributed by atoms with Gasteiger partial charge in [0.1, 0.15) is 0 Å². The lowest BCUT2D eigenvalue weighted by atomic mass is 10.0. The number of carbonyl (C=O) groups is 2. The van der Waals surface area contributed by atoms with E-state index in [1.807, 2.05) is 12.1 Å². The van der Waals surface area contributed by atoms with Crippen molar-refractivity contribution < 1.29 is 18.7 Å². The highest BCUT2D eigenvalue weighted by Crippen LogP contribution is 2.31. The van der Waals surface area contributed by atoms with E-state index in [0.29, 0.717) is 18.0 Å². The molecule has 1 aliphatic heterocycles. The number of ether oxygens (including phenoxy) is 1. The summed E-state index contributed by atoms with van der Waals surface area (Å²) < 4.78 is 9.77. The molecule has 0 aliphatic carbocycles. The lowest BCUT2D eigenvalue weighted by Crippen LogP contribution is -2.35. The van der Waals surface area contributed by atoms with Crippen molar-refractivity contribution >= 4 is 23.4 Å². The predicted molar refractivity (Wildman–Crippen MR) is 81.2 cm³/mol. The third-order valence-electron chi connectivity index (χ3n) is 3.61. The normalized spacial score (nSPS) is 13.4. The number of carbonyl (C=O) groups excluding carboxylic acids is 2. The molecule has 1 aromatic carbocycles. The molecule has 2 aromatic rings. The van der Waals surface area contributed by atoms with Gasteiger partial charge in [0.25, 0.3) is 5.91 Å². The van der Waals surface area contributed by atoms with E-state index in [9.17, 15) is 9.59 Å². The standard InChI is InChI=1S/C16H16N2O4/c1-21-16(20)17-12-6-7-13-11(10-12)4-2-8-18(13)15(19)14-5-3-9-22-14/h3,5-7,9-10H,2,4,8H2,1H3,(H,17,20). The zero-order valence-corrected chi connectivity index (χ0v) is 12.2. The molecule has 2 heterocycles. The van der Waals surface area contributed by atoms with Gasteiger partial charge in [0, 0.05) is 17.9 Å². The van der Waals surface area contributed by atoms with Crippen molar-refractivity contribution in [2.24, 2.45) is 0 Å². The van der Waals surface area contributed by atoms with E-state index in [0.717, 1.165) is 24.1 Å². The summed E-state index contributed by atoms with van der Waals surface area (Å²) in [4.78, 5) is 25.4. The van der Waals surface area contributed by atoms with Crippen LogP contribution in [0.2, 0.25) is 0 Å². The zero-order valence-electron chi connectivity index (χ0n) is 12.2. The van der Waals surface area contributed by atoms with Crippen molar-refractivity contribution in [3.05, 3.63) is 47.9 Å². The average molecular weight is 300 g/mol. The molecule has 0 unspecified atom stereocenters. The van der Waals surface area contributed by atoms with Crippen LogP contribution < -0.4 is 10.2 Å². The minimum atomic E-state index is -0.515. The minimum Gasteiger partial charge on any atom is -0.459 e. The molecule has 0 saturated carbocycles. The van der Waals surface area contributed by atoms with Gasteiger partial charge in [-0.15, -0.1) is 0 Å². The lowest BCUT2D eigenvalue weighted by molar-refractivity contribution is 0.0958. The van der Waals surface area contributed by atoms with Crippen molar-refractivity contribution in [2.45, 2.75) is 12.8 Å². The van der Waals surface area contributed by atoms with Crippen LogP contribution in [0.15, 0.2) is 41.0 Å². The van der Waals surface area contributed by atoms with Gasteiger partial charge in [-0.3, -0.25) is 10.1 Å². The molecule has 1 N–H and O–H groups in total. The number of benzene rings is 1. The van der Waals surface area contributed by atoms with Crippen LogP contribution in [0.4, 0.5) is 16.2 Å². The van der Waals surface area contributed by atoms with E-state index in [1.165, 1.54) is 13.4 Å². The Labute approximate surface area is 127 Å². The summed E-state index contributed by atoms with van der Waals surface area (Å²) >= 11 is 0. The Morgan fingerprint density at radius 3 is 2.91 bits per heavy atom. The fraction of sp³-hybridized carbons (Fsp3) is 0.250. The van der Waals surface area contributed by atoms with E-state index in [2.05, 4.69) is 10.1 Å². The number of amides is 2. The van der Waals surface area contributed by atoms with Gasteiger partial charge in [-0.25, -0.2) is 4.79 Å².